The molecule has 1 fully saturated rings. The minimum Gasteiger partial charge on any atom is -0.496 e. The number of ether oxygens (including phenoxy) is 2. The third-order valence-corrected chi connectivity index (χ3v) is 5.07. The summed E-state index contributed by atoms with van der Waals surface area (Å²) in [4.78, 5) is 24.3. The molecule has 0 radical (unpaired) electrons. The van der Waals surface area contributed by atoms with Gasteiger partial charge in [-0.3, -0.25) is 4.79 Å². The number of aromatic amines is 1. The maximum atomic E-state index is 12.5. The first-order valence-electron chi connectivity index (χ1n) is 8.41. The molecule has 3 atom stereocenters. The average Bonchev–Trinajstić information content (AvgIpc) is 3.33. The number of methoxy groups -OCH3 is 1. The zero-order chi connectivity index (χ0) is 18.3. The Morgan fingerprint density at radius 1 is 1.38 bits per heavy atom. The Labute approximate surface area is 159 Å². The maximum Gasteiger partial charge on any atom is 0.310 e. The first-order valence-corrected chi connectivity index (χ1v) is 9.20. The van der Waals surface area contributed by atoms with E-state index in [2.05, 4.69) is 30.9 Å². The monoisotopic (exact) mass is 415 g/mol. The smallest absolute Gasteiger partial charge is 0.310 e. The molecule has 0 amide bonds. The number of hydrogen-bond donors (Lipinski definition) is 1. The summed E-state index contributed by atoms with van der Waals surface area (Å²) < 4.78 is 11.9. The first-order chi connectivity index (χ1) is 12.6. The Balaban J connectivity index is 1.44. The molecule has 7 heteroatoms. The van der Waals surface area contributed by atoms with E-state index in [-0.39, 0.29) is 17.8 Å². The van der Waals surface area contributed by atoms with Crippen LogP contribution in [-0.2, 0) is 9.53 Å². The lowest BCUT2D eigenvalue weighted by Crippen LogP contribution is -2.12. The summed E-state index contributed by atoms with van der Waals surface area (Å²) in [6, 6.07) is 9.70. The van der Waals surface area contributed by atoms with Gasteiger partial charge in [-0.15, -0.1) is 0 Å². The van der Waals surface area contributed by atoms with Crippen molar-refractivity contribution in [2.45, 2.75) is 25.4 Å². The van der Waals surface area contributed by atoms with Gasteiger partial charge in [-0.2, -0.15) is 0 Å². The van der Waals surface area contributed by atoms with E-state index in [9.17, 15) is 4.79 Å². The molecule has 4 rings (SSSR count). The number of nitrogens with zero attached hydrogens (tertiary/aromatic N) is 2. The number of fused-ring (bicyclic) bond motifs is 1. The van der Waals surface area contributed by atoms with Crippen molar-refractivity contribution < 1.29 is 14.3 Å². The number of carbonyl (C=O) groups is 1. The number of hydrogen-bond acceptors (Lipinski definition) is 5. The van der Waals surface area contributed by atoms with Gasteiger partial charge in [0.1, 0.15) is 11.6 Å². The SMILES string of the molecule is COc1ccccc1C1CC1C(=O)OC(C)c1nc2ncc(Br)cc2[nH]1. The number of H-pyrrole nitrogens is 1. The maximum absolute atomic E-state index is 12.5. The number of pyridine rings is 1. The summed E-state index contributed by atoms with van der Waals surface area (Å²) in [6.45, 7) is 1.81. The van der Waals surface area contributed by atoms with Crippen molar-refractivity contribution in [2.24, 2.45) is 5.92 Å². The molecule has 134 valence electrons. The number of rotatable bonds is 5. The minimum atomic E-state index is -0.464. The number of imidazole rings is 1. The Morgan fingerprint density at radius 2 is 2.19 bits per heavy atom. The zero-order valence-corrected chi connectivity index (χ0v) is 16.0. The van der Waals surface area contributed by atoms with Crippen molar-refractivity contribution >= 4 is 33.1 Å². The lowest BCUT2D eigenvalue weighted by molar-refractivity contribution is -0.150. The lowest BCUT2D eigenvalue weighted by atomic mass is 10.1. The second-order valence-corrected chi connectivity index (χ2v) is 7.33. The third-order valence-electron chi connectivity index (χ3n) is 4.63. The predicted molar refractivity (Wildman–Crippen MR) is 99.9 cm³/mol. The van der Waals surface area contributed by atoms with Gasteiger partial charge in [0, 0.05) is 16.6 Å². The number of aromatic nitrogens is 3. The van der Waals surface area contributed by atoms with E-state index in [0.29, 0.717) is 11.5 Å². The van der Waals surface area contributed by atoms with Crippen LogP contribution in [0.2, 0.25) is 0 Å². The summed E-state index contributed by atoms with van der Waals surface area (Å²) in [6.07, 6.45) is 2.00. The van der Waals surface area contributed by atoms with Gasteiger partial charge in [0.15, 0.2) is 11.8 Å². The van der Waals surface area contributed by atoms with E-state index in [0.717, 1.165) is 27.7 Å². The molecule has 1 saturated carbocycles. The van der Waals surface area contributed by atoms with E-state index in [1.807, 2.05) is 37.3 Å². The highest BCUT2D eigenvalue weighted by atomic mass is 79.9. The molecule has 0 spiro atoms. The summed E-state index contributed by atoms with van der Waals surface area (Å²) in [5, 5.41) is 0. The molecule has 1 aliphatic rings. The van der Waals surface area contributed by atoms with Crippen LogP contribution in [0.5, 0.6) is 5.75 Å². The number of para-hydroxylation sites is 1. The Hall–Kier alpha value is -2.41. The molecule has 2 heterocycles. The van der Waals surface area contributed by atoms with Crippen LogP contribution in [-0.4, -0.2) is 28.0 Å². The largest absolute Gasteiger partial charge is 0.496 e. The van der Waals surface area contributed by atoms with Gasteiger partial charge in [-0.05, 0) is 47.0 Å². The van der Waals surface area contributed by atoms with Crippen LogP contribution < -0.4 is 4.74 Å². The number of halogens is 1. The van der Waals surface area contributed by atoms with Gasteiger partial charge in [-0.1, -0.05) is 18.2 Å². The van der Waals surface area contributed by atoms with E-state index in [4.69, 9.17) is 9.47 Å². The van der Waals surface area contributed by atoms with Crippen molar-refractivity contribution in [3.05, 3.63) is 52.4 Å². The van der Waals surface area contributed by atoms with Gasteiger partial charge in [0.25, 0.3) is 0 Å². The molecule has 0 saturated heterocycles. The normalized spacial score (nSPS) is 20.0. The van der Waals surface area contributed by atoms with Gasteiger partial charge in [0.05, 0.1) is 18.5 Å². The van der Waals surface area contributed by atoms with Gasteiger partial charge in [0.2, 0.25) is 0 Å². The summed E-state index contributed by atoms with van der Waals surface area (Å²) in [5.74, 6) is 1.22. The average molecular weight is 416 g/mol. The first kappa shape index (κ1) is 17.0. The van der Waals surface area contributed by atoms with Gasteiger partial charge >= 0.3 is 5.97 Å². The number of carbonyl (C=O) groups excluding carboxylic acids is 1. The standard InChI is InChI=1S/C19H18BrN3O3/c1-10(17-22-15-7-11(20)9-21-18(15)23-17)26-19(24)14-8-13(14)12-5-3-4-6-16(12)25-2/h3-7,9-10,13-14H,8H2,1-2H3,(H,21,22,23). The number of nitrogens with one attached hydrogen (secondary N) is 1. The Bertz CT molecular complexity index is 972. The minimum absolute atomic E-state index is 0.134. The molecule has 26 heavy (non-hydrogen) atoms. The van der Waals surface area contributed by atoms with Gasteiger partial charge < -0.3 is 14.5 Å². The number of esters is 1. The summed E-state index contributed by atoms with van der Waals surface area (Å²) in [5.41, 5.74) is 2.46. The third kappa shape index (κ3) is 3.19. The highest BCUT2D eigenvalue weighted by molar-refractivity contribution is 9.10. The molecular formula is C19H18BrN3O3. The zero-order valence-electron chi connectivity index (χ0n) is 14.4. The second kappa shape index (κ2) is 6.72. The van der Waals surface area contributed by atoms with Crippen molar-refractivity contribution in [3.8, 4) is 5.75 Å². The molecule has 3 unspecified atom stereocenters. The van der Waals surface area contributed by atoms with Crippen LogP contribution in [0.4, 0.5) is 0 Å². The Kier molecular flexibility index (Phi) is 4.40. The van der Waals surface area contributed by atoms with Gasteiger partial charge in [-0.25, -0.2) is 9.97 Å². The van der Waals surface area contributed by atoms with Crippen LogP contribution in [0.1, 0.15) is 36.8 Å². The molecule has 3 aromatic rings. The molecular weight excluding hydrogens is 398 g/mol. The molecule has 1 aromatic carbocycles. The number of benzene rings is 1. The van der Waals surface area contributed by atoms with Crippen LogP contribution in [0, 0.1) is 5.92 Å². The lowest BCUT2D eigenvalue weighted by Gasteiger charge is -2.11. The van der Waals surface area contributed by atoms with Crippen LogP contribution >= 0.6 is 15.9 Å². The fraction of sp³-hybridized carbons (Fsp3) is 0.316. The van der Waals surface area contributed by atoms with Crippen LogP contribution in [0.25, 0.3) is 11.2 Å². The molecule has 0 aliphatic heterocycles. The molecule has 0 bridgehead atoms. The van der Waals surface area contributed by atoms with Crippen molar-refractivity contribution in [1.82, 2.24) is 15.0 Å². The van der Waals surface area contributed by atoms with Crippen molar-refractivity contribution in [3.63, 3.8) is 0 Å². The Morgan fingerprint density at radius 3 is 3.00 bits per heavy atom. The van der Waals surface area contributed by atoms with E-state index < -0.39 is 6.10 Å². The molecule has 1 aliphatic carbocycles. The summed E-state index contributed by atoms with van der Waals surface area (Å²) in [7, 11) is 1.64. The highest BCUT2D eigenvalue weighted by Crippen LogP contribution is 2.51. The van der Waals surface area contributed by atoms with Crippen molar-refractivity contribution in [2.75, 3.05) is 7.11 Å². The second-order valence-electron chi connectivity index (χ2n) is 6.42. The predicted octanol–water partition coefficient (Wildman–Crippen LogP) is 4.14. The van der Waals surface area contributed by atoms with E-state index >= 15 is 0 Å². The van der Waals surface area contributed by atoms with E-state index in [1.54, 1.807) is 13.3 Å². The van der Waals surface area contributed by atoms with Crippen LogP contribution in [0.3, 0.4) is 0 Å². The molecule has 1 N–H and O–H groups in total. The summed E-state index contributed by atoms with van der Waals surface area (Å²) >= 11 is 3.38. The molecule has 2 aromatic heterocycles. The quantitative estimate of drug-likeness (QED) is 0.633. The highest BCUT2D eigenvalue weighted by Gasteiger charge is 2.47. The van der Waals surface area contributed by atoms with Crippen LogP contribution in [0.15, 0.2) is 41.0 Å². The van der Waals surface area contributed by atoms with E-state index in [1.165, 1.54) is 0 Å². The fourth-order valence-electron chi connectivity index (χ4n) is 3.18. The molecule has 6 nitrogen and oxygen atoms in total. The fourth-order valence-corrected chi connectivity index (χ4v) is 3.51. The van der Waals surface area contributed by atoms with Crippen molar-refractivity contribution in [1.29, 1.82) is 0 Å². The topological polar surface area (TPSA) is 77.1 Å².